The Kier molecular flexibility index (Phi) is 6.30. The fourth-order valence-electron chi connectivity index (χ4n) is 3.98. The molecule has 32 heavy (non-hydrogen) atoms. The highest BCUT2D eigenvalue weighted by molar-refractivity contribution is 7.92. The third-order valence-corrected chi connectivity index (χ3v) is 7.75. The number of carbonyl (C=O) groups excluding carboxylic acids is 2. The second kappa shape index (κ2) is 8.99. The Morgan fingerprint density at radius 3 is 2.28 bits per heavy atom. The van der Waals surface area contributed by atoms with E-state index in [1.807, 2.05) is 0 Å². The fourth-order valence-corrected chi connectivity index (χ4v) is 5.61. The number of amides is 2. The minimum absolute atomic E-state index is 0.129. The van der Waals surface area contributed by atoms with Crippen LogP contribution in [-0.2, 0) is 21.2 Å². The van der Waals surface area contributed by atoms with Crippen LogP contribution in [-0.4, -0.2) is 69.5 Å². The number of hydrogen-bond donors (Lipinski definition) is 0. The number of piperazine rings is 1. The molecule has 2 aromatic rings. The molecule has 0 aromatic heterocycles. The molecule has 1 fully saturated rings. The molecule has 2 aliphatic heterocycles. The molecule has 170 valence electrons. The van der Waals surface area contributed by atoms with Crippen molar-refractivity contribution in [2.24, 2.45) is 0 Å². The van der Waals surface area contributed by atoms with E-state index in [0.29, 0.717) is 62.0 Å². The highest BCUT2D eigenvalue weighted by Crippen LogP contribution is 2.34. The number of carbonyl (C=O) groups is 2. The number of halogens is 1. The van der Waals surface area contributed by atoms with Crippen LogP contribution in [0.1, 0.15) is 22.8 Å². The monoisotopic (exact) mass is 477 g/mol. The van der Waals surface area contributed by atoms with Crippen molar-refractivity contribution in [1.29, 1.82) is 0 Å². The van der Waals surface area contributed by atoms with Gasteiger partial charge in [0.1, 0.15) is 0 Å². The molecule has 0 radical (unpaired) electrons. The Morgan fingerprint density at radius 2 is 1.62 bits per heavy atom. The molecule has 2 aromatic carbocycles. The van der Waals surface area contributed by atoms with Crippen LogP contribution in [0.25, 0.3) is 0 Å². The fraction of sp³-hybridized carbons (Fsp3) is 0.364. The van der Waals surface area contributed by atoms with E-state index in [0.717, 1.165) is 5.56 Å². The maximum absolute atomic E-state index is 13.1. The van der Waals surface area contributed by atoms with Crippen LogP contribution in [0.4, 0.5) is 10.5 Å². The lowest BCUT2D eigenvalue weighted by atomic mass is 10.1. The molecule has 0 saturated carbocycles. The summed E-state index contributed by atoms with van der Waals surface area (Å²) in [7, 11) is -3.71. The number of benzene rings is 2. The van der Waals surface area contributed by atoms with Gasteiger partial charge in [-0.05, 0) is 61.4 Å². The molecule has 2 amide bonds. The van der Waals surface area contributed by atoms with Crippen molar-refractivity contribution in [1.82, 2.24) is 9.80 Å². The quantitative estimate of drug-likeness (QED) is 0.675. The van der Waals surface area contributed by atoms with E-state index in [1.54, 1.807) is 47.1 Å². The second-order valence-corrected chi connectivity index (χ2v) is 9.90. The Hall–Kier alpha value is -2.78. The van der Waals surface area contributed by atoms with Crippen molar-refractivity contribution >= 4 is 39.3 Å². The van der Waals surface area contributed by atoms with Gasteiger partial charge in [-0.25, -0.2) is 13.2 Å². The predicted molar refractivity (Wildman–Crippen MR) is 121 cm³/mol. The molecule has 0 unspecified atom stereocenters. The zero-order valence-corrected chi connectivity index (χ0v) is 19.2. The molecule has 8 nitrogen and oxygen atoms in total. The van der Waals surface area contributed by atoms with Gasteiger partial charge in [0, 0.05) is 43.3 Å². The van der Waals surface area contributed by atoms with Gasteiger partial charge < -0.3 is 14.5 Å². The Morgan fingerprint density at radius 1 is 0.969 bits per heavy atom. The van der Waals surface area contributed by atoms with Crippen molar-refractivity contribution in [3.8, 4) is 0 Å². The topological polar surface area (TPSA) is 87.2 Å². The number of hydrogen-bond acceptors (Lipinski definition) is 5. The van der Waals surface area contributed by atoms with Crippen molar-refractivity contribution in [3.63, 3.8) is 0 Å². The van der Waals surface area contributed by atoms with Gasteiger partial charge in [0.25, 0.3) is 15.9 Å². The van der Waals surface area contributed by atoms with Gasteiger partial charge in [-0.15, -0.1) is 0 Å². The first-order valence-electron chi connectivity index (χ1n) is 10.4. The van der Waals surface area contributed by atoms with Gasteiger partial charge in [0.2, 0.25) is 0 Å². The van der Waals surface area contributed by atoms with Crippen LogP contribution >= 0.6 is 11.6 Å². The van der Waals surface area contributed by atoms with Crippen molar-refractivity contribution < 1.29 is 22.7 Å². The molecule has 0 N–H and O–H groups in total. The number of fused-ring (bicyclic) bond motifs is 1. The summed E-state index contributed by atoms with van der Waals surface area (Å²) in [5.74, 6) is -0.129. The van der Waals surface area contributed by atoms with Crippen LogP contribution in [0.5, 0.6) is 0 Å². The van der Waals surface area contributed by atoms with Crippen molar-refractivity contribution in [3.05, 3.63) is 58.6 Å². The smallest absolute Gasteiger partial charge is 0.409 e. The molecule has 2 aliphatic rings. The molecular formula is C22H24ClN3O5S. The van der Waals surface area contributed by atoms with Crippen LogP contribution < -0.4 is 4.31 Å². The zero-order chi connectivity index (χ0) is 22.9. The number of nitrogens with zero attached hydrogens (tertiary/aromatic N) is 3. The first kappa shape index (κ1) is 22.4. The van der Waals surface area contributed by atoms with E-state index in [9.17, 15) is 18.0 Å². The first-order chi connectivity index (χ1) is 15.3. The largest absolute Gasteiger partial charge is 0.450 e. The molecule has 0 atom stereocenters. The van der Waals surface area contributed by atoms with Gasteiger partial charge in [0.05, 0.1) is 17.2 Å². The van der Waals surface area contributed by atoms with E-state index in [-0.39, 0.29) is 16.9 Å². The van der Waals surface area contributed by atoms with Gasteiger partial charge in [-0.3, -0.25) is 9.10 Å². The van der Waals surface area contributed by atoms with E-state index < -0.39 is 10.0 Å². The van der Waals surface area contributed by atoms with Crippen LogP contribution in [0.2, 0.25) is 5.02 Å². The summed E-state index contributed by atoms with van der Waals surface area (Å²) in [6.07, 6.45) is 0.166. The third-order valence-electron chi connectivity index (χ3n) is 5.67. The summed E-state index contributed by atoms with van der Waals surface area (Å²) in [4.78, 5) is 28.3. The number of ether oxygens (including phenoxy) is 1. The molecule has 0 bridgehead atoms. The highest BCUT2D eigenvalue weighted by Gasteiger charge is 2.32. The average molecular weight is 478 g/mol. The van der Waals surface area contributed by atoms with E-state index in [1.165, 1.54) is 16.4 Å². The summed E-state index contributed by atoms with van der Waals surface area (Å²) in [5.41, 5.74) is 1.92. The molecular weight excluding hydrogens is 454 g/mol. The maximum Gasteiger partial charge on any atom is 0.409 e. The predicted octanol–water partition coefficient (Wildman–Crippen LogP) is 3.01. The van der Waals surface area contributed by atoms with Crippen molar-refractivity contribution in [2.75, 3.05) is 43.6 Å². The molecule has 1 saturated heterocycles. The Labute approximate surface area is 192 Å². The lowest BCUT2D eigenvalue weighted by Crippen LogP contribution is -2.50. The molecule has 10 heteroatoms. The van der Waals surface area contributed by atoms with Gasteiger partial charge in [-0.1, -0.05) is 11.6 Å². The van der Waals surface area contributed by atoms with Gasteiger partial charge >= 0.3 is 6.09 Å². The normalized spacial score (nSPS) is 16.1. The summed E-state index contributed by atoms with van der Waals surface area (Å²) >= 11 is 5.88. The van der Waals surface area contributed by atoms with Crippen LogP contribution in [0.15, 0.2) is 47.4 Å². The molecule has 0 spiro atoms. The van der Waals surface area contributed by atoms with E-state index in [2.05, 4.69) is 0 Å². The SMILES string of the molecule is CCOC(=O)N1CCN(C(=O)c2ccc3c(c2)CCN3S(=O)(=O)c2ccc(Cl)cc2)CC1. The standard InChI is InChI=1S/C22H24ClN3O5S/c1-2-31-22(28)25-13-11-24(12-14-25)21(27)17-3-8-20-16(15-17)9-10-26(20)32(29,30)19-6-4-18(23)5-7-19/h3-8,15H,2,9-14H2,1H3. The van der Waals surface area contributed by atoms with Gasteiger partial charge in [0.15, 0.2) is 0 Å². The second-order valence-electron chi connectivity index (χ2n) is 7.60. The summed E-state index contributed by atoms with van der Waals surface area (Å²) in [5, 5.41) is 0.469. The molecule has 2 heterocycles. The first-order valence-corrected chi connectivity index (χ1v) is 12.3. The summed E-state index contributed by atoms with van der Waals surface area (Å²) in [6, 6.07) is 11.2. The lowest BCUT2D eigenvalue weighted by molar-refractivity contribution is 0.0570. The Balaban J connectivity index is 1.48. The van der Waals surface area contributed by atoms with E-state index >= 15 is 0 Å². The third kappa shape index (κ3) is 4.27. The van der Waals surface area contributed by atoms with Crippen LogP contribution in [0.3, 0.4) is 0 Å². The van der Waals surface area contributed by atoms with Crippen LogP contribution in [0, 0.1) is 0 Å². The van der Waals surface area contributed by atoms with Gasteiger partial charge in [-0.2, -0.15) is 0 Å². The lowest BCUT2D eigenvalue weighted by Gasteiger charge is -2.34. The Bertz CT molecular complexity index is 1130. The van der Waals surface area contributed by atoms with Crippen molar-refractivity contribution in [2.45, 2.75) is 18.2 Å². The minimum atomic E-state index is -3.71. The molecule has 4 rings (SSSR count). The minimum Gasteiger partial charge on any atom is -0.450 e. The number of anilines is 1. The highest BCUT2D eigenvalue weighted by atomic mass is 35.5. The maximum atomic E-state index is 13.1. The number of rotatable bonds is 4. The molecule has 0 aliphatic carbocycles. The number of sulfonamides is 1. The average Bonchev–Trinajstić information content (AvgIpc) is 3.23. The summed E-state index contributed by atoms with van der Waals surface area (Å²) in [6.45, 7) is 4.07. The van der Waals surface area contributed by atoms with E-state index in [4.69, 9.17) is 16.3 Å². The summed E-state index contributed by atoms with van der Waals surface area (Å²) < 4.78 is 32.5. The zero-order valence-electron chi connectivity index (χ0n) is 17.7.